The van der Waals surface area contributed by atoms with E-state index in [1.165, 1.54) is 27.9 Å². The lowest BCUT2D eigenvalue weighted by molar-refractivity contribution is 0.778. The van der Waals surface area contributed by atoms with Crippen LogP contribution in [0.4, 0.5) is 0 Å². The third kappa shape index (κ3) is 2.01. The van der Waals surface area contributed by atoms with Crippen LogP contribution in [-0.2, 0) is 0 Å². The molecule has 0 spiro atoms. The largest absolute Gasteiger partial charge is 0.116 e. The molecule has 0 bridgehead atoms. The zero-order valence-corrected chi connectivity index (χ0v) is 11.2. The Hall–Kier alpha value is -1.52. The molecule has 0 heterocycles. The highest BCUT2D eigenvalue weighted by Crippen LogP contribution is 2.42. The van der Waals surface area contributed by atoms with Crippen molar-refractivity contribution in [2.24, 2.45) is 5.92 Å². The number of hydrogen-bond acceptors (Lipinski definition) is 0. The SMILES string of the molecule is C/C=C\C=C=C1C(C)=C2C=CCC2=C(C)C1C. The molecule has 0 aliphatic heterocycles. The van der Waals surface area contributed by atoms with Crippen LogP contribution in [0, 0.1) is 5.92 Å². The summed E-state index contributed by atoms with van der Waals surface area (Å²) in [6, 6.07) is 0. The summed E-state index contributed by atoms with van der Waals surface area (Å²) in [6.07, 6.45) is 11.7. The van der Waals surface area contributed by atoms with Gasteiger partial charge in [0, 0.05) is 11.5 Å². The molecule has 2 aliphatic rings. The maximum absolute atomic E-state index is 3.44. The first-order valence-corrected chi connectivity index (χ1v) is 6.32. The molecule has 0 amide bonds. The van der Waals surface area contributed by atoms with Crippen molar-refractivity contribution in [2.75, 3.05) is 0 Å². The topological polar surface area (TPSA) is 0 Å². The zero-order valence-electron chi connectivity index (χ0n) is 11.2. The fraction of sp³-hybridized carbons (Fsp3) is 0.353. The fourth-order valence-corrected chi connectivity index (χ4v) is 2.64. The van der Waals surface area contributed by atoms with E-state index in [0.717, 1.165) is 6.42 Å². The second-order valence-corrected chi connectivity index (χ2v) is 4.78. The van der Waals surface area contributed by atoms with Gasteiger partial charge >= 0.3 is 0 Å². The first kappa shape index (κ1) is 12.0. The quantitative estimate of drug-likeness (QED) is 0.439. The number of rotatable bonds is 1. The van der Waals surface area contributed by atoms with Crippen molar-refractivity contribution >= 4 is 0 Å². The Kier molecular flexibility index (Phi) is 3.36. The Bertz CT molecular complexity index is 512. The van der Waals surface area contributed by atoms with Gasteiger partial charge in [0.05, 0.1) is 0 Å². The average molecular weight is 224 g/mol. The van der Waals surface area contributed by atoms with Crippen molar-refractivity contribution in [2.45, 2.75) is 34.1 Å². The van der Waals surface area contributed by atoms with Gasteiger partial charge in [-0.2, -0.15) is 0 Å². The predicted molar refractivity (Wildman–Crippen MR) is 74.7 cm³/mol. The number of hydrogen-bond donors (Lipinski definition) is 0. The summed E-state index contributed by atoms with van der Waals surface area (Å²) in [4.78, 5) is 0. The normalized spacial score (nSPS) is 23.5. The molecule has 1 atom stereocenters. The third-order valence-corrected chi connectivity index (χ3v) is 3.83. The molecule has 1 unspecified atom stereocenters. The predicted octanol–water partition coefficient (Wildman–Crippen LogP) is 4.89. The van der Waals surface area contributed by atoms with Gasteiger partial charge in [0.1, 0.15) is 0 Å². The lowest BCUT2D eigenvalue weighted by Gasteiger charge is -2.26. The molecule has 2 aliphatic carbocycles. The van der Waals surface area contributed by atoms with Crippen LogP contribution in [0.15, 0.2) is 64.0 Å². The van der Waals surface area contributed by atoms with Gasteiger partial charge in [-0.3, -0.25) is 0 Å². The molecule has 0 nitrogen and oxygen atoms in total. The fourth-order valence-electron chi connectivity index (χ4n) is 2.64. The van der Waals surface area contributed by atoms with Crippen LogP contribution < -0.4 is 0 Å². The smallest absolute Gasteiger partial charge is 0.00995 e. The zero-order chi connectivity index (χ0) is 12.4. The van der Waals surface area contributed by atoms with Crippen LogP contribution in [-0.4, -0.2) is 0 Å². The van der Waals surface area contributed by atoms with E-state index in [1.54, 1.807) is 0 Å². The molecule has 0 aromatic rings. The lowest BCUT2D eigenvalue weighted by Crippen LogP contribution is -2.11. The molecular formula is C17H20. The minimum Gasteiger partial charge on any atom is -0.116 e. The second-order valence-electron chi connectivity index (χ2n) is 4.78. The van der Waals surface area contributed by atoms with Crippen molar-refractivity contribution in [1.82, 2.24) is 0 Å². The summed E-state index contributed by atoms with van der Waals surface area (Å²) in [5.74, 6) is 0.496. The molecule has 0 radical (unpaired) electrons. The van der Waals surface area contributed by atoms with Gasteiger partial charge in [0.2, 0.25) is 0 Å². The van der Waals surface area contributed by atoms with Crippen LogP contribution in [0.2, 0.25) is 0 Å². The third-order valence-electron chi connectivity index (χ3n) is 3.83. The number of fused-ring (bicyclic) bond motifs is 1. The molecule has 0 saturated carbocycles. The van der Waals surface area contributed by atoms with Crippen LogP contribution in [0.1, 0.15) is 34.1 Å². The molecule has 88 valence electrons. The first-order valence-electron chi connectivity index (χ1n) is 6.32. The summed E-state index contributed by atoms with van der Waals surface area (Å²) in [7, 11) is 0. The molecule has 0 aromatic heterocycles. The van der Waals surface area contributed by atoms with Gasteiger partial charge in [0.15, 0.2) is 0 Å². The van der Waals surface area contributed by atoms with Crippen molar-refractivity contribution in [3.63, 3.8) is 0 Å². The summed E-state index contributed by atoms with van der Waals surface area (Å²) in [5, 5.41) is 0. The van der Waals surface area contributed by atoms with Crippen LogP contribution in [0.25, 0.3) is 0 Å². The summed E-state index contributed by atoms with van der Waals surface area (Å²) in [5.41, 5.74) is 10.6. The van der Waals surface area contributed by atoms with Crippen LogP contribution >= 0.6 is 0 Å². The van der Waals surface area contributed by atoms with Crippen molar-refractivity contribution in [1.29, 1.82) is 0 Å². The summed E-state index contributed by atoms with van der Waals surface area (Å²) >= 11 is 0. The monoisotopic (exact) mass is 224 g/mol. The molecule has 0 aromatic carbocycles. The minimum atomic E-state index is 0.496. The van der Waals surface area contributed by atoms with Gasteiger partial charge in [-0.25, -0.2) is 0 Å². The van der Waals surface area contributed by atoms with E-state index in [9.17, 15) is 0 Å². The van der Waals surface area contributed by atoms with Crippen LogP contribution in [0.5, 0.6) is 0 Å². The van der Waals surface area contributed by atoms with Crippen molar-refractivity contribution in [3.05, 3.63) is 64.0 Å². The summed E-state index contributed by atoms with van der Waals surface area (Å²) in [6.45, 7) is 8.80. The Morgan fingerprint density at radius 1 is 1.35 bits per heavy atom. The van der Waals surface area contributed by atoms with Gasteiger partial charge in [-0.1, -0.05) is 36.8 Å². The maximum Gasteiger partial charge on any atom is 0.00995 e. The van der Waals surface area contributed by atoms with Gasteiger partial charge in [-0.15, -0.1) is 5.73 Å². The summed E-state index contributed by atoms with van der Waals surface area (Å²) < 4.78 is 0. The van der Waals surface area contributed by atoms with Gasteiger partial charge < -0.3 is 0 Å². The standard InChI is InChI=1S/C17H20/c1-5-6-7-9-15-12(2)13(3)16-10-8-11-17(16)14(15)4/h5-8,11-12H,10H2,1-4H3/b6-5-. The molecule has 0 N–H and O–H groups in total. The van der Waals surface area contributed by atoms with Gasteiger partial charge in [0.25, 0.3) is 0 Å². The molecule has 2 rings (SSSR count). The van der Waals surface area contributed by atoms with E-state index >= 15 is 0 Å². The molecule has 0 fully saturated rings. The molecule has 0 saturated heterocycles. The Morgan fingerprint density at radius 3 is 2.82 bits per heavy atom. The lowest BCUT2D eigenvalue weighted by atomic mass is 9.78. The Balaban J connectivity index is 2.55. The Morgan fingerprint density at radius 2 is 2.12 bits per heavy atom. The van der Waals surface area contributed by atoms with Crippen LogP contribution in [0.3, 0.4) is 0 Å². The van der Waals surface area contributed by atoms with E-state index in [1.807, 2.05) is 25.2 Å². The average Bonchev–Trinajstić information content (AvgIpc) is 2.80. The molecular weight excluding hydrogens is 204 g/mol. The first-order chi connectivity index (χ1) is 8.16. The van der Waals surface area contributed by atoms with E-state index in [-0.39, 0.29) is 0 Å². The second kappa shape index (κ2) is 4.77. The minimum absolute atomic E-state index is 0.496. The highest BCUT2D eigenvalue weighted by Gasteiger charge is 2.26. The van der Waals surface area contributed by atoms with E-state index in [0.29, 0.717) is 5.92 Å². The maximum atomic E-state index is 3.44. The Labute approximate surface area is 104 Å². The van der Waals surface area contributed by atoms with E-state index in [2.05, 4.69) is 38.7 Å². The molecule has 0 heteroatoms. The highest BCUT2D eigenvalue weighted by molar-refractivity contribution is 5.60. The van der Waals surface area contributed by atoms with Crippen molar-refractivity contribution in [3.8, 4) is 0 Å². The van der Waals surface area contributed by atoms with Crippen molar-refractivity contribution < 1.29 is 0 Å². The van der Waals surface area contributed by atoms with E-state index in [4.69, 9.17) is 0 Å². The van der Waals surface area contributed by atoms with E-state index < -0.39 is 0 Å². The highest BCUT2D eigenvalue weighted by atomic mass is 14.3. The van der Waals surface area contributed by atoms with Gasteiger partial charge in [-0.05, 0) is 50.0 Å². The number of allylic oxidation sites excluding steroid dienone is 9. The molecule has 17 heavy (non-hydrogen) atoms.